The molecule has 7 nitrogen and oxygen atoms in total. The molecular weight excluding hydrogens is 248 g/mol. The van der Waals surface area contributed by atoms with Crippen LogP contribution in [0.5, 0.6) is 0 Å². The van der Waals surface area contributed by atoms with Gasteiger partial charge in [0.1, 0.15) is 5.56 Å². The van der Waals surface area contributed by atoms with E-state index in [1.165, 1.54) is 24.9 Å². The maximum absolute atomic E-state index is 11.9. The average molecular weight is 268 g/mol. The van der Waals surface area contributed by atoms with Gasteiger partial charge in [0, 0.05) is 26.8 Å². The number of aryl methyl sites for hydroxylation is 1. The largest absolute Gasteiger partial charge is 0.352 e. The number of nitrogens with one attached hydrogen (secondary N) is 1. The first-order chi connectivity index (χ1) is 8.84. The van der Waals surface area contributed by atoms with Crippen molar-refractivity contribution in [2.24, 2.45) is 14.1 Å². The second kappa shape index (κ2) is 6.33. The van der Waals surface area contributed by atoms with E-state index in [-0.39, 0.29) is 5.56 Å². The minimum absolute atomic E-state index is 0.0190. The van der Waals surface area contributed by atoms with E-state index in [1.54, 1.807) is 0 Å². The molecule has 0 fully saturated rings. The molecule has 106 valence electrons. The molecular formula is C12H20N4O3. The summed E-state index contributed by atoms with van der Waals surface area (Å²) in [5.74, 6) is -0.449. The van der Waals surface area contributed by atoms with Crippen molar-refractivity contribution in [2.75, 3.05) is 27.2 Å². The number of aromatic nitrogens is 2. The summed E-state index contributed by atoms with van der Waals surface area (Å²) >= 11 is 0. The van der Waals surface area contributed by atoms with Gasteiger partial charge in [-0.25, -0.2) is 4.79 Å². The second-order valence-corrected chi connectivity index (χ2v) is 4.71. The number of carbonyl (C=O) groups is 1. The summed E-state index contributed by atoms with van der Waals surface area (Å²) in [6.45, 7) is 1.34. The van der Waals surface area contributed by atoms with Crippen LogP contribution >= 0.6 is 0 Å². The number of carbonyl (C=O) groups excluding carboxylic acids is 1. The van der Waals surface area contributed by atoms with Crippen LogP contribution in [0.4, 0.5) is 0 Å². The molecule has 0 aliphatic heterocycles. The molecule has 0 aliphatic carbocycles. The van der Waals surface area contributed by atoms with Gasteiger partial charge in [0.25, 0.3) is 11.5 Å². The number of amides is 1. The first-order valence-electron chi connectivity index (χ1n) is 6.04. The van der Waals surface area contributed by atoms with Gasteiger partial charge in [-0.2, -0.15) is 0 Å². The van der Waals surface area contributed by atoms with Crippen molar-refractivity contribution in [3.05, 3.63) is 32.6 Å². The highest BCUT2D eigenvalue weighted by Crippen LogP contribution is 1.89. The summed E-state index contributed by atoms with van der Waals surface area (Å²) in [5.41, 5.74) is -1.04. The predicted molar refractivity (Wildman–Crippen MR) is 72.4 cm³/mol. The summed E-state index contributed by atoms with van der Waals surface area (Å²) < 4.78 is 2.14. The molecule has 19 heavy (non-hydrogen) atoms. The zero-order valence-corrected chi connectivity index (χ0v) is 11.8. The number of nitrogens with zero attached hydrogens (tertiary/aromatic N) is 3. The molecule has 0 atom stereocenters. The highest BCUT2D eigenvalue weighted by Gasteiger charge is 2.13. The summed E-state index contributed by atoms with van der Waals surface area (Å²) in [6.07, 6.45) is 2.07. The third-order valence-corrected chi connectivity index (χ3v) is 2.76. The van der Waals surface area contributed by atoms with Gasteiger partial charge in [0.2, 0.25) is 0 Å². The smallest absolute Gasteiger partial charge is 0.330 e. The Morgan fingerprint density at radius 3 is 2.53 bits per heavy atom. The minimum atomic E-state index is -0.576. The molecule has 0 aromatic carbocycles. The molecule has 1 rings (SSSR count). The lowest BCUT2D eigenvalue weighted by atomic mass is 10.3. The maximum atomic E-state index is 11.9. The minimum Gasteiger partial charge on any atom is -0.352 e. The van der Waals surface area contributed by atoms with Gasteiger partial charge in [-0.1, -0.05) is 0 Å². The summed E-state index contributed by atoms with van der Waals surface area (Å²) in [6, 6.07) is 0. The fourth-order valence-electron chi connectivity index (χ4n) is 1.66. The summed E-state index contributed by atoms with van der Waals surface area (Å²) in [7, 11) is 6.76. The standard InChI is InChI=1S/C12H20N4O3/c1-14(2)7-5-6-13-10(17)9-8-15(3)12(19)16(4)11(9)18/h8H,5-7H2,1-4H3,(H,13,17). The average Bonchev–Trinajstić information content (AvgIpc) is 2.36. The zero-order chi connectivity index (χ0) is 14.6. The Balaban J connectivity index is 2.79. The van der Waals surface area contributed by atoms with Gasteiger partial charge >= 0.3 is 5.69 Å². The van der Waals surface area contributed by atoms with Crippen LogP contribution in [0.2, 0.25) is 0 Å². The number of hydrogen-bond acceptors (Lipinski definition) is 4. The SMILES string of the molecule is CN(C)CCCNC(=O)c1cn(C)c(=O)n(C)c1=O. The normalized spacial score (nSPS) is 10.8. The van der Waals surface area contributed by atoms with E-state index < -0.39 is 17.2 Å². The molecule has 0 unspecified atom stereocenters. The summed E-state index contributed by atoms with van der Waals surface area (Å²) in [4.78, 5) is 37.2. The second-order valence-electron chi connectivity index (χ2n) is 4.71. The Hall–Kier alpha value is -1.89. The molecule has 1 N–H and O–H groups in total. The third-order valence-electron chi connectivity index (χ3n) is 2.76. The predicted octanol–water partition coefficient (Wildman–Crippen LogP) is -1.23. The monoisotopic (exact) mass is 268 g/mol. The van der Waals surface area contributed by atoms with Crippen LogP contribution in [0, 0.1) is 0 Å². The van der Waals surface area contributed by atoms with E-state index in [0.717, 1.165) is 17.5 Å². The Kier molecular flexibility index (Phi) is 5.05. The molecule has 1 aromatic rings. The molecule has 0 aliphatic rings. The van der Waals surface area contributed by atoms with Crippen LogP contribution in [-0.4, -0.2) is 47.1 Å². The van der Waals surface area contributed by atoms with Crippen LogP contribution in [0.3, 0.4) is 0 Å². The van der Waals surface area contributed by atoms with Crippen LogP contribution in [-0.2, 0) is 14.1 Å². The van der Waals surface area contributed by atoms with Gasteiger partial charge in [-0.3, -0.25) is 14.2 Å². The quantitative estimate of drug-likeness (QED) is 0.678. The Labute approximate surface area is 111 Å². The van der Waals surface area contributed by atoms with E-state index in [0.29, 0.717) is 6.54 Å². The van der Waals surface area contributed by atoms with Crippen molar-refractivity contribution in [3.63, 3.8) is 0 Å². The van der Waals surface area contributed by atoms with Crippen molar-refractivity contribution in [2.45, 2.75) is 6.42 Å². The van der Waals surface area contributed by atoms with Crippen LogP contribution in [0.15, 0.2) is 15.8 Å². The first kappa shape index (κ1) is 15.2. The van der Waals surface area contributed by atoms with E-state index in [9.17, 15) is 14.4 Å². The molecule has 1 aromatic heterocycles. The molecule has 7 heteroatoms. The fraction of sp³-hybridized carbons (Fsp3) is 0.583. The lowest BCUT2D eigenvalue weighted by Crippen LogP contribution is -2.42. The van der Waals surface area contributed by atoms with E-state index >= 15 is 0 Å². The molecule has 0 radical (unpaired) electrons. The Bertz CT molecular complexity index is 571. The van der Waals surface area contributed by atoms with E-state index in [2.05, 4.69) is 5.32 Å². The molecule has 0 saturated carbocycles. The molecule has 0 saturated heterocycles. The lowest BCUT2D eigenvalue weighted by Gasteiger charge is -2.10. The molecule has 1 amide bonds. The van der Waals surface area contributed by atoms with Crippen LogP contribution < -0.4 is 16.6 Å². The highest BCUT2D eigenvalue weighted by atomic mass is 16.2. The topological polar surface area (TPSA) is 76.3 Å². The lowest BCUT2D eigenvalue weighted by molar-refractivity contribution is 0.0949. The van der Waals surface area contributed by atoms with E-state index in [1.807, 2.05) is 19.0 Å². The van der Waals surface area contributed by atoms with Gasteiger partial charge in [-0.05, 0) is 27.1 Å². The van der Waals surface area contributed by atoms with Crippen molar-refractivity contribution in [1.82, 2.24) is 19.4 Å². The van der Waals surface area contributed by atoms with Gasteiger partial charge in [0.15, 0.2) is 0 Å². The zero-order valence-electron chi connectivity index (χ0n) is 11.8. The van der Waals surface area contributed by atoms with Crippen molar-refractivity contribution >= 4 is 5.91 Å². The van der Waals surface area contributed by atoms with Crippen LogP contribution in [0.25, 0.3) is 0 Å². The Morgan fingerprint density at radius 1 is 1.32 bits per heavy atom. The fourth-order valence-corrected chi connectivity index (χ4v) is 1.66. The first-order valence-corrected chi connectivity index (χ1v) is 6.04. The maximum Gasteiger partial charge on any atom is 0.330 e. The van der Waals surface area contributed by atoms with Crippen LogP contribution in [0.1, 0.15) is 16.8 Å². The van der Waals surface area contributed by atoms with Crippen molar-refractivity contribution < 1.29 is 4.79 Å². The number of hydrogen-bond donors (Lipinski definition) is 1. The molecule has 1 heterocycles. The van der Waals surface area contributed by atoms with Gasteiger partial charge in [-0.15, -0.1) is 0 Å². The highest BCUT2D eigenvalue weighted by molar-refractivity contribution is 5.93. The molecule has 0 spiro atoms. The van der Waals surface area contributed by atoms with Gasteiger partial charge in [0.05, 0.1) is 0 Å². The number of rotatable bonds is 5. The van der Waals surface area contributed by atoms with Gasteiger partial charge < -0.3 is 14.8 Å². The Morgan fingerprint density at radius 2 is 1.95 bits per heavy atom. The van der Waals surface area contributed by atoms with Crippen molar-refractivity contribution in [3.8, 4) is 0 Å². The van der Waals surface area contributed by atoms with Crippen molar-refractivity contribution in [1.29, 1.82) is 0 Å². The summed E-state index contributed by atoms with van der Waals surface area (Å²) in [5, 5.41) is 2.67. The third kappa shape index (κ3) is 3.78. The molecule has 0 bridgehead atoms. The van der Waals surface area contributed by atoms with E-state index in [4.69, 9.17) is 0 Å².